The van der Waals surface area contributed by atoms with E-state index in [1.165, 1.54) is 12.8 Å². The van der Waals surface area contributed by atoms with Gasteiger partial charge in [0.05, 0.1) is 12.0 Å². The minimum Gasteiger partial charge on any atom is -0.356 e. The van der Waals surface area contributed by atoms with Gasteiger partial charge in [-0.05, 0) is 12.8 Å². The van der Waals surface area contributed by atoms with Gasteiger partial charge in [-0.2, -0.15) is 0 Å². The Morgan fingerprint density at radius 2 is 1.69 bits per heavy atom. The lowest BCUT2D eigenvalue weighted by atomic mass is 10.3. The SMILES string of the molecule is CCCCN(CCCC)C(=S)SO. The van der Waals surface area contributed by atoms with E-state index in [2.05, 4.69) is 18.7 Å². The molecule has 0 aliphatic carbocycles. The molecule has 0 aromatic rings. The van der Waals surface area contributed by atoms with E-state index in [1.54, 1.807) is 0 Å². The van der Waals surface area contributed by atoms with Crippen LogP contribution in [0.25, 0.3) is 0 Å². The van der Waals surface area contributed by atoms with E-state index in [-0.39, 0.29) is 0 Å². The minimum absolute atomic E-state index is 0.613. The monoisotopic (exact) mass is 221 g/mol. The lowest BCUT2D eigenvalue weighted by Crippen LogP contribution is -2.29. The van der Waals surface area contributed by atoms with Crippen LogP contribution in [0.3, 0.4) is 0 Å². The molecule has 0 aromatic carbocycles. The van der Waals surface area contributed by atoms with Gasteiger partial charge in [-0.25, -0.2) is 0 Å². The molecule has 0 aliphatic heterocycles. The van der Waals surface area contributed by atoms with Gasteiger partial charge in [-0.3, -0.25) is 0 Å². The molecule has 0 unspecified atom stereocenters. The molecule has 0 aliphatic rings. The highest BCUT2D eigenvalue weighted by molar-refractivity contribution is 8.19. The standard InChI is InChI=1S/C9H19NOS2/c1-3-5-7-10(8-6-4-2)9(12)13-11/h11H,3-8H2,1-2H3. The van der Waals surface area contributed by atoms with Crippen molar-refractivity contribution in [1.82, 2.24) is 4.90 Å². The van der Waals surface area contributed by atoms with E-state index >= 15 is 0 Å². The van der Waals surface area contributed by atoms with E-state index in [0.717, 1.165) is 25.9 Å². The fourth-order valence-corrected chi connectivity index (χ4v) is 1.53. The first-order valence-electron chi connectivity index (χ1n) is 4.86. The van der Waals surface area contributed by atoms with Gasteiger partial charge in [0.25, 0.3) is 0 Å². The van der Waals surface area contributed by atoms with Crippen molar-refractivity contribution in [3.05, 3.63) is 0 Å². The van der Waals surface area contributed by atoms with Crippen LogP contribution in [0.2, 0.25) is 0 Å². The average molecular weight is 221 g/mol. The van der Waals surface area contributed by atoms with Crippen LogP contribution in [0.1, 0.15) is 39.5 Å². The summed E-state index contributed by atoms with van der Waals surface area (Å²) in [5.41, 5.74) is 0. The summed E-state index contributed by atoms with van der Waals surface area (Å²) >= 11 is 5.73. The first-order chi connectivity index (χ1) is 6.26. The average Bonchev–Trinajstić information content (AvgIpc) is 2.17. The van der Waals surface area contributed by atoms with Crippen LogP contribution in [0, 0.1) is 0 Å². The van der Waals surface area contributed by atoms with Gasteiger partial charge < -0.3 is 9.45 Å². The molecule has 0 rings (SSSR count). The topological polar surface area (TPSA) is 23.5 Å². The van der Waals surface area contributed by atoms with Crippen molar-refractivity contribution < 1.29 is 4.55 Å². The summed E-state index contributed by atoms with van der Waals surface area (Å²) in [6.45, 7) is 6.27. The molecule has 0 spiro atoms. The Balaban J connectivity index is 3.79. The van der Waals surface area contributed by atoms with Gasteiger partial charge in [-0.15, -0.1) is 0 Å². The molecule has 0 atom stereocenters. The maximum absolute atomic E-state index is 8.84. The maximum Gasteiger partial charge on any atom is 0.163 e. The minimum atomic E-state index is 0.613. The number of rotatable bonds is 6. The summed E-state index contributed by atoms with van der Waals surface area (Å²) in [5.74, 6) is 0. The fraction of sp³-hybridized carbons (Fsp3) is 0.889. The van der Waals surface area contributed by atoms with Crippen molar-refractivity contribution in [2.45, 2.75) is 39.5 Å². The Morgan fingerprint density at radius 3 is 2.00 bits per heavy atom. The van der Waals surface area contributed by atoms with Gasteiger partial charge in [0, 0.05) is 13.1 Å². The predicted octanol–water partition coefficient (Wildman–Crippen LogP) is 3.38. The second-order valence-corrected chi connectivity index (χ2v) is 4.27. The Labute approximate surface area is 90.9 Å². The molecule has 2 nitrogen and oxygen atoms in total. The second-order valence-electron chi connectivity index (χ2n) is 3.05. The van der Waals surface area contributed by atoms with Crippen molar-refractivity contribution in [3.8, 4) is 0 Å². The molecule has 0 radical (unpaired) electrons. The molecule has 0 bridgehead atoms. The van der Waals surface area contributed by atoms with Gasteiger partial charge in [0.1, 0.15) is 0 Å². The van der Waals surface area contributed by atoms with Crippen molar-refractivity contribution in [3.63, 3.8) is 0 Å². The molecule has 0 fully saturated rings. The van der Waals surface area contributed by atoms with E-state index in [4.69, 9.17) is 16.8 Å². The third kappa shape index (κ3) is 6.29. The second kappa shape index (κ2) is 8.78. The zero-order valence-electron chi connectivity index (χ0n) is 8.45. The van der Waals surface area contributed by atoms with E-state index in [9.17, 15) is 0 Å². The summed E-state index contributed by atoms with van der Waals surface area (Å²) in [6.07, 6.45) is 4.62. The van der Waals surface area contributed by atoms with Crippen molar-refractivity contribution >= 4 is 28.6 Å². The Bertz CT molecular complexity index is 134. The number of unbranched alkanes of at least 4 members (excludes halogenated alkanes) is 2. The number of hydrogen-bond donors (Lipinski definition) is 1. The zero-order chi connectivity index (χ0) is 10.1. The lowest BCUT2D eigenvalue weighted by Gasteiger charge is -2.22. The van der Waals surface area contributed by atoms with Gasteiger partial charge in [-0.1, -0.05) is 38.9 Å². The first-order valence-corrected chi connectivity index (χ1v) is 6.04. The molecule has 78 valence electrons. The van der Waals surface area contributed by atoms with Crippen LogP contribution in [0.5, 0.6) is 0 Å². The summed E-state index contributed by atoms with van der Waals surface area (Å²) in [6, 6.07) is 0. The normalized spacial score (nSPS) is 10.1. The number of nitrogens with zero attached hydrogens (tertiary/aromatic N) is 1. The predicted molar refractivity (Wildman–Crippen MR) is 64.2 cm³/mol. The van der Waals surface area contributed by atoms with Gasteiger partial charge in [0.15, 0.2) is 4.32 Å². The smallest absolute Gasteiger partial charge is 0.163 e. The van der Waals surface area contributed by atoms with Gasteiger partial charge >= 0.3 is 0 Å². The molecule has 4 heteroatoms. The van der Waals surface area contributed by atoms with Crippen LogP contribution in [-0.2, 0) is 0 Å². The third-order valence-corrected chi connectivity index (χ3v) is 2.80. The molecule has 0 aromatic heterocycles. The number of hydrogen-bond acceptors (Lipinski definition) is 3. The molecule has 0 saturated heterocycles. The molecule has 0 amide bonds. The van der Waals surface area contributed by atoms with Crippen molar-refractivity contribution in [2.75, 3.05) is 13.1 Å². The van der Waals surface area contributed by atoms with E-state index in [0.29, 0.717) is 16.4 Å². The molecule has 0 heterocycles. The van der Waals surface area contributed by atoms with Crippen LogP contribution in [0.15, 0.2) is 0 Å². The highest BCUT2D eigenvalue weighted by Crippen LogP contribution is 2.08. The molecule has 1 N–H and O–H groups in total. The Hall–Kier alpha value is 0.200. The van der Waals surface area contributed by atoms with Gasteiger partial charge in [0.2, 0.25) is 0 Å². The third-order valence-electron chi connectivity index (χ3n) is 1.90. The van der Waals surface area contributed by atoms with Crippen molar-refractivity contribution in [1.29, 1.82) is 0 Å². The molecular formula is C9H19NOS2. The summed E-state index contributed by atoms with van der Waals surface area (Å²) in [7, 11) is 0. The highest BCUT2D eigenvalue weighted by Gasteiger charge is 2.07. The molecule has 13 heavy (non-hydrogen) atoms. The summed E-state index contributed by atoms with van der Waals surface area (Å²) in [4.78, 5) is 2.09. The first kappa shape index (κ1) is 13.2. The quantitative estimate of drug-likeness (QED) is 0.549. The fourth-order valence-electron chi connectivity index (χ4n) is 1.05. The summed E-state index contributed by atoms with van der Waals surface area (Å²) < 4.78 is 9.45. The van der Waals surface area contributed by atoms with Crippen LogP contribution >= 0.6 is 24.3 Å². The zero-order valence-corrected chi connectivity index (χ0v) is 10.1. The van der Waals surface area contributed by atoms with Crippen LogP contribution < -0.4 is 0 Å². The largest absolute Gasteiger partial charge is 0.356 e. The van der Waals surface area contributed by atoms with Crippen LogP contribution in [0.4, 0.5) is 0 Å². The Kier molecular flexibility index (Phi) is 8.92. The van der Waals surface area contributed by atoms with Crippen molar-refractivity contribution in [2.24, 2.45) is 0 Å². The van der Waals surface area contributed by atoms with E-state index in [1.807, 2.05) is 0 Å². The summed E-state index contributed by atoms with van der Waals surface area (Å²) in [5, 5.41) is 0. The van der Waals surface area contributed by atoms with E-state index < -0.39 is 0 Å². The Morgan fingerprint density at radius 1 is 1.23 bits per heavy atom. The number of thiocarbonyl (C=S) groups is 1. The highest BCUT2D eigenvalue weighted by atomic mass is 32.2. The molecular weight excluding hydrogens is 202 g/mol. The molecule has 0 saturated carbocycles. The maximum atomic E-state index is 8.84. The lowest BCUT2D eigenvalue weighted by molar-refractivity contribution is 0.409. The van der Waals surface area contributed by atoms with Crippen LogP contribution in [-0.4, -0.2) is 26.9 Å².